The molecule has 0 aliphatic carbocycles. The number of nitrogens with one attached hydrogen (secondary N) is 1. The summed E-state index contributed by atoms with van der Waals surface area (Å²) in [4.78, 5) is 21.8. The van der Waals surface area contributed by atoms with Gasteiger partial charge in [0.2, 0.25) is 0 Å². The molecule has 1 aromatic rings. The average molecular weight is 321 g/mol. The van der Waals surface area contributed by atoms with Crippen LogP contribution < -0.4 is 5.32 Å². The molecule has 0 amide bonds. The van der Waals surface area contributed by atoms with Crippen molar-refractivity contribution in [1.82, 2.24) is 0 Å². The van der Waals surface area contributed by atoms with Crippen LogP contribution in [0.25, 0.3) is 0 Å². The van der Waals surface area contributed by atoms with Gasteiger partial charge in [0.25, 0.3) is 0 Å². The Morgan fingerprint density at radius 1 is 1.47 bits per heavy atom. The van der Waals surface area contributed by atoms with Gasteiger partial charge >= 0.3 is 11.9 Å². The Hall–Kier alpha value is -1.53. The van der Waals surface area contributed by atoms with E-state index >= 15 is 0 Å². The summed E-state index contributed by atoms with van der Waals surface area (Å²) in [7, 11) is 0. The van der Waals surface area contributed by atoms with Crippen LogP contribution in [0.2, 0.25) is 5.02 Å². The van der Waals surface area contributed by atoms with E-state index in [9.17, 15) is 9.59 Å². The summed E-state index contributed by atoms with van der Waals surface area (Å²) in [5.41, 5.74) is 0.130. The normalized spacial score (nSPS) is 10.8. The molecule has 0 aromatic heterocycles. The van der Waals surface area contributed by atoms with Gasteiger partial charge in [0.15, 0.2) is 16.3 Å². The van der Waals surface area contributed by atoms with Gasteiger partial charge in [-0.05, 0) is 18.2 Å². The monoisotopic (exact) mass is 319 g/mol. The molecular formula is C10H7BrClNO4. The fourth-order valence-corrected chi connectivity index (χ4v) is 1.30. The van der Waals surface area contributed by atoms with Crippen LogP contribution in [0.5, 0.6) is 0 Å². The smallest absolute Gasteiger partial charge is 0.352 e. The molecule has 90 valence electrons. The van der Waals surface area contributed by atoms with Crippen molar-refractivity contribution >= 4 is 45.5 Å². The van der Waals surface area contributed by atoms with Gasteiger partial charge in [-0.15, -0.1) is 0 Å². The van der Waals surface area contributed by atoms with Gasteiger partial charge in [0, 0.05) is 10.7 Å². The molecular weight excluding hydrogens is 313 g/mol. The maximum atomic E-state index is 10.9. The number of carboxylic acid groups (broad SMARTS) is 1. The standard InChI is InChI=1S/C10H7BrClNO4/c11-17-9(14)5-8(10(15)16)13-7-3-1-2-6(12)4-7/h1-5,13H,(H,15,16). The number of carboxylic acids is 1. The lowest BCUT2D eigenvalue weighted by Gasteiger charge is -2.06. The van der Waals surface area contributed by atoms with Crippen LogP contribution in [0, 0.1) is 0 Å². The fraction of sp³-hybridized carbons (Fsp3) is 0. The number of anilines is 1. The van der Waals surface area contributed by atoms with Crippen molar-refractivity contribution in [3.05, 3.63) is 41.1 Å². The van der Waals surface area contributed by atoms with Gasteiger partial charge in [-0.25, -0.2) is 9.59 Å². The molecule has 0 radical (unpaired) electrons. The molecule has 0 unspecified atom stereocenters. The Bertz CT molecular complexity index is 475. The van der Waals surface area contributed by atoms with Crippen LogP contribution in [0.15, 0.2) is 36.0 Å². The summed E-state index contributed by atoms with van der Waals surface area (Å²) in [6, 6.07) is 6.43. The second-order valence-corrected chi connectivity index (χ2v) is 3.65. The van der Waals surface area contributed by atoms with Gasteiger partial charge in [0.1, 0.15) is 5.70 Å². The molecule has 1 aromatic carbocycles. The zero-order valence-electron chi connectivity index (χ0n) is 8.31. The number of carbonyl (C=O) groups excluding carboxylic acids is 1. The molecule has 1 rings (SSSR count). The van der Waals surface area contributed by atoms with E-state index in [0.717, 1.165) is 6.08 Å². The highest BCUT2D eigenvalue weighted by Crippen LogP contribution is 2.16. The van der Waals surface area contributed by atoms with E-state index in [1.807, 2.05) is 0 Å². The van der Waals surface area contributed by atoms with Crippen LogP contribution in [0.3, 0.4) is 0 Å². The molecule has 0 bridgehead atoms. The van der Waals surface area contributed by atoms with E-state index in [0.29, 0.717) is 10.7 Å². The number of rotatable bonds is 4. The van der Waals surface area contributed by atoms with Crippen LogP contribution in [0.1, 0.15) is 0 Å². The molecule has 0 saturated carbocycles. The van der Waals surface area contributed by atoms with Crippen molar-refractivity contribution in [1.29, 1.82) is 0 Å². The van der Waals surface area contributed by atoms with E-state index in [1.54, 1.807) is 18.2 Å². The third-order valence-electron chi connectivity index (χ3n) is 1.67. The summed E-state index contributed by atoms with van der Waals surface area (Å²) in [6.07, 6.45) is 0.804. The maximum Gasteiger partial charge on any atom is 0.352 e. The van der Waals surface area contributed by atoms with Gasteiger partial charge in [-0.1, -0.05) is 17.7 Å². The Kier molecular flexibility index (Phi) is 4.99. The average Bonchev–Trinajstić information content (AvgIpc) is 2.27. The first-order chi connectivity index (χ1) is 8.02. The minimum Gasteiger partial charge on any atom is -0.477 e. The summed E-state index contributed by atoms with van der Waals surface area (Å²) in [5.74, 6) is -2.13. The predicted octanol–water partition coefficient (Wildman–Crippen LogP) is 2.57. The summed E-state index contributed by atoms with van der Waals surface area (Å²) in [5, 5.41) is 11.8. The molecule has 0 fully saturated rings. The van der Waals surface area contributed by atoms with Crippen molar-refractivity contribution in [2.75, 3.05) is 5.32 Å². The molecule has 17 heavy (non-hydrogen) atoms. The topological polar surface area (TPSA) is 75.6 Å². The molecule has 0 spiro atoms. The minimum atomic E-state index is -1.29. The second kappa shape index (κ2) is 6.27. The van der Waals surface area contributed by atoms with E-state index in [4.69, 9.17) is 16.7 Å². The molecule has 0 atom stereocenters. The van der Waals surface area contributed by atoms with Crippen molar-refractivity contribution < 1.29 is 18.5 Å². The van der Waals surface area contributed by atoms with Crippen molar-refractivity contribution in [2.24, 2.45) is 0 Å². The zero-order chi connectivity index (χ0) is 12.8. The van der Waals surface area contributed by atoms with E-state index in [-0.39, 0.29) is 5.70 Å². The Morgan fingerprint density at radius 2 is 2.18 bits per heavy atom. The first-order valence-corrected chi connectivity index (χ1v) is 5.35. The lowest BCUT2D eigenvalue weighted by molar-refractivity contribution is -0.133. The SMILES string of the molecule is O=C(C=C(Nc1cccc(Cl)c1)C(=O)O)OBr. The molecule has 0 saturated heterocycles. The highest BCUT2D eigenvalue weighted by atomic mass is 79.9. The van der Waals surface area contributed by atoms with Gasteiger partial charge in [0.05, 0.1) is 6.08 Å². The van der Waals surface area contributed by atoms with E-state index in [2.05, 4.69) is 25.4 Å². The number of aliphatic carboxylic acids is 1. The van der Waals surface area contributed by atoms with Crippen molar-refractivity contribution in [3.8, 4) is 0 Å². The molecule has 2 N–H and O–H groups in total. The van der Waals surface area contributed by atoms with Gasteiger partial charge in [-0.3, -0.25) is 0 Å². The third-order valence-corrected chi connectivity index (χ3v) is 2.23. The number of carbonyl (C=O) groups is 2. The number of hydrogen-bond acceptors (Lipinski definition) is 4. The minimum absolute atomic E-state index is 0.322. The number of benzene rings is 1. The first-order valence-electron chi connectivity index (χ1n) is 4.33. The molecule has 7 heteroatoms. The Morgan fingerprint density at radius 3 is 2.71 bits per heavy atom. The lowest BCUT2D eigenvalue weighted by atomic mass is 10.3. The maximum absolute atomic E-state index is 10.9. The first kappa shape index (κ1) is 13.5. The lowest BCUT2D eigenvalue weighted by Crippen LogP contribution is -2.12. The van der Waals surface area contributed by atoms with Crippen LogP contribution >= 0.6 is 27.9 Å². The molecule has 0 aliphatic heterocycles. The van der Waals surface area contributed by atoms with Gasteiger partial charge < -0.3 is 14.3 Å². The predicted molar refractivity (Wildman–Crippen MR) is 65.8 cm³/mol. The highest BCUT2D eigenvalue weighted by Gasteiger charge is 2.10. The van der Waals surface area contributed by atoms with Crippen molar-refractivity contribution in [2.45, 2.75) is 0 Å². The van der Waals surface area contributed by atoms with Crippen molar-refractivity contribution in [3.63, 3.8) is 0 Å². The van der Waals surface area contributed by atoms with E-state index < -0.39 is 11.9 Å². The number of halogens is 2. The quantitative estimate of drug-likeness (QED) is 0.834. The summed E-state index contributed by atoms with van der Waals surface area (Å²) in [6.45, 7) is 0. The second-order valence-electron chi connectivity index (χ2n) is 2.89. The van der Waals surface area contributed by atoms with Crippen LogP contribution in [-0.2, 0) is 13.4 Å². The number of hydrogen-bond donors (Lipinski definition) is 2. The largest absolute Gasteiger partial charge is 0.477 e. The third kappa shape index (κ3) is 4.46. The van der Waals surface area contributed by atoms with Crippen LogP contribution in [0.4, 0.5) is 5.69 Å². The summed E-state index contributed by atoms with van der Waals surface area (Å²) < 4.78 is 4.16. The Balaban J connectivity index is 2.92. The van der Waals surface area contributed by atoms with E-state index in [1.165, 1.54) is 6.07 Å². The fourth-order valence-electron chi connectivity index (χ4n) is 1.01. The zero-order valence-corrected chi connectivity index (χ0v) is 10.7. The highest BCUT2D eigenvalue weighted by molar-refractivity contribution is 9.06. The van der Waals surface area contributed by atoms with Crippen LogP contribution in [-0.4, -0.2) is 17.0 Å². The molecule has 5 nitrogen and oxygen atoms in total. The molecule has 0 aliphatic rings. The van der Waals surface area contributed by atoms with Gasteiger partial charge in [-0.2, -0.15) is 0 Å². The molecule has 0 heterocycles. The summed E-state index contributed by atoms with van der Waals surface area (Å²) >= 11 is 8.19. The Labute approximate surface area is 110 Å².